The molecule has 0 atom stereocenters. The van der Waals surface area contributed by atoms with Gasteiger partial charge >= 0.3 is 0 Å². The van der Waals surface area contributed by atoms with E-state index in [0.29, 0.717) is 18.4 Å². The first-order valence-corrected chi connectivity index (χ1v) is 22.9. The molecule has 0 saturated heterocycles. The maximum atomic E-state index is 9.69. The highest BCUT2D eigenvalue weighted by Crippen LogP contribution is 2.34. The summed E-state index contributed by atoms with van der Waals surface area (Å²) in [5.41, 5.74) is 15.4. The maximum absolute atomic E-state index is 9.69. The molecule has 0 fully saturated rings. The van der Waals surface area contributed by atoms with Gasteiger partial charge in [-0.1, -0.05) is 187 Å². The summed E-state index contributed by atoms with van der Waals surface area (Å²) in [4.78, 5) is 14.4. The van der Waals surface area contributed by atoms with Gasteiger partial charge in [0, 0.05) is 40.8 Å². The summed E-state index contributed by atoms with van der Waals surface area (Å²) in [5, 5.41) is 0. The van der Waals surface area contributed by atoms with E-state index in [-0.39, 0.29) is 21.8 Å². The van der Waals surface area contributed by atoms with E-state index >= 15 is 0 Å². The van der Waals surface area contributed by atoms with E-state index in [4.69, 9.17) is 9.97 Å². The molecule has 3 nitrogen and oxygen atoms in total. The van der Waals surface area contributed by atoms with Crippen LogP contribution in [-0.4, -0.2) is 15.0 Å². The molecule has 328 valence electrons. The van der Waals surface area contributed by atoms with Crippen molar-refractivity contribution in [1.29, 1.82) is 0 Å². The van der Waals surface area contributed by atoms with Crippen molar-refractivity contribution in [3.63, 3.8) is 0 Å². The van der Waals surface area contributed by atoms with Crippen LogP contribution in [0.5, 0.6) is 0 Å². The fraction of sp³-hybridized carbons (Fsp3) is 0.274. The van der Waals surface area contributed by atoms with E-state index in [1.807, 2.05) is 42.7 Å². The minimum absolute atomic E-state index is 0.206. The summed E-state index contributed by atoms with van der Waals surface area (Å²) in [6.07, 6.45) is 3.10. The molecular formula is C62H65N3. The lowest BCUT2D eigenvalue weighted by Crippen LogP contribution is -2.23. The quantitative estimate of drug-likeness (QED) is 0.109. The molecule has 8 aromatic rings. The van der Waals surface area contributed by atoms with Crippen molar-refractivity contribution >= 4 is 0 Å². The molecule has 0 saturated carbocycles. The van der Waals surface area contributed by atoms with Crippen molar-refractivity contribution in [2.75, 3.05) is 0 Å². The van der Waals surface area contributed by atoms with Crippen LogP contribution in [0, 0.1) is 19.3 Å². The molecule has 0 spiro atoms. The van der Waals surface area contributed by atoms with Crippen LogP contribution < -0.4 is 0 Å². The maximum Gasteiger partial charge on any atom is 0.0708 e. The summed E-state index contributed by atoms with van der Waals surface area (Å²) in [6.45, 7) is 19.7. The Hall–Kier alpha value is -6.45. The number of hydrogen-bond donors (Lipinski definition) is 0. The Labute approximate surface area is 394 Å². The minimum Gasteiger partial charge on any atom is -0.256 e. The molecule has 0 aliphatic carbocycles. The summed E-state index contributed by atoms with van der Waals surface area (Å²) in [7, 11) is 0. The smallest absolute Gasteiger partial charge is 0.0708 e. The highest BCUT2D eigenvalue weighted by molar-refractivity contribution is 5.70. The van der Waals surface area contributed by atoms with E-state index in [2.05, 4.69) is 176 Å². The summed E-state index contributed by atoms with van der Waals surface area (Å²) in [5.74, 6) is 0. The Morgan fingerprint density at radius 2 is 0.800 bits per heavy atom. The molecule has 65 heavy (non-hydrogen) atoms. The van der Waals surface area contributed by atoms with Crippen LogP contribution in [0.4, 0.5) is 0 Å². The largest absolute Gasteiger partial charge is 0.256 e. The number of benzene rings is 5. The number of aryl methyl sites for hydroxylation is 4. The first kappa shape index (κ1) is 40.1. The van der Waals surface area contributed by atoms with Crippen molar-refractivity contribution in [1.82, 2.24) is 15.0 Å². The second-order valence-corrected chi connectivity index (χ2v) is 20.4. The van der Waals surface area contributed by atoms with Crippen LogP contribution in [0.3, 0.4) is 0 Å². The predicted octanol–water partition coefficient (Wildman–Crippen LogP) is 15.6. The Balaban J connectivity index is 1.09. The van der Waals surface area contributed by atoms with Gasteiger partial charge in [0.05, 0.1) is 17.1 Å². The molecule has 5 aromatic carbocycles. The molecule has 3 heteroatoms. The SMILES string of the molecule is [2H]C([2H])(c1ccc(-c2cc(-c3ccc(CC(C)(C)C)cc3)ccn2)cc1)C([2H])([2H])c1cc(CC(C)(C)c2ccc(-c3ccc(C)cc3)nc2)cc(CC(C)(C)c2ccc(-c3ccc(C)cc3)nc2)c1. The van der Waals surface area contributed by atoms with Crippen molar-refractivity contribution in [2.45, 2.75) is 105 Å². The van der Waals surface area contributed by atoms with Gasteiger partial charge in [-0.2, -0.15) is 0 Å². The Morgan fingerprint density at radius 3 is 1.28 bits per heavy atom. The lowest BCUT2D eigenvalue weighted by Gasteiger charge is -2.28. The third kappa shape index (κ3) is 11.6. The molecule has 0 aliphatic heterocycles. The van der Waals surface area contributed by atoms with Crippen LogP contribution >= 0.6 is 0 Å². The number of pyridine rings is 3. The second-order valence-electron chi connectivity index (χ2n) is 20.4. The first-order chi connectivity index (χ1) is 32.6. The van der Waals surface area contributed by atoms with Crippen molar-refractivity contribution in [2.24, 2.45) is 5.41 Å². The molecule has 0 amide bonds. The molecule has 3 aromatic heterocycles. The number of rotatable bonds is 14. The van der Waals surface area contributed by atoms with E-state index in [1.54, 1.807) is 18.3 Å². The predicted molar refractivity (Wildman–Crippen MR) is 274 cm³/mol. The second kappa shape index (κ2) is 18.9. The van der Waals surface area contributed by atoms with Crippen LogP contribution in [-0.2, 0) is 42.8 Å². The van der Waals surface area contributed by atoms with E-state index in [9.17, 15) is 5.48 Å². The Bertz CT molecular complexity index is 2900. The lowest BCUT2D eigenvalue weighted by atomic mass is 9.77. The summed E-state index contributed by atoms with van der Waals surface area (Å²) < 4.78 is 38.5. The zero-order valence-electron chi connectivity index (χ0n) is 43.6. The average Bonchev–Trinajstić information content (AvgIpc) is 3.31. The molecule has 8 rings (SSSR count). The van der Waals surface area contributed by atoms with Crippen molar-refractivity contribution in [3.05, 3.63) is 220 Å². The van der Waals surface area contributed by atoms with Gasteiger partial charge in [0.2, 0.25) is 0 Å². The van der Waals surface area contributed by atoms with Gasteiger partial charge < -0.3 is 0 Å². The van der Waals surface area contributed by atoms with Crippen molar-refractivity contribution < 1.29 is 5.48 Å². The highest BCUT2D eigenvalue weighted by atomic mass is 14.7. The van der Waals surface area contributed by atoms with Gasteiger partial charge in [0.25, 0.3) is 0 Å². The molecule has 3 heterocycles. The molecule has 0 bridgehead atoms. The van der Waals surface area contributed by atoms with Crippen molar-refractivity contribution in [3.8, 4) is 44.9 Å². The van der Waals surface area contributed by atoms with E-state index in [0.717, 1.165) is 73.6 Å². The summed E-state index contributed by atoms with van der Waals surface area (Å²) in [6, 6.07) is 51.0. The van der Waals surface area contributed by atoms with Crippen LogP contribution in [0.1, 0.15) is 104 Å². The number of nitrogens with zero attached hydrogens (tertiary/aromatic N) is 3. The number of aromatic nitrogens is 3. The number of hydrogen-bond acceptors (Lipinski definition) is 3. The van der Waals surface area contributed by atoms with Gasteiger partial charge in [0.1, 0.15) is 0 Å². The first-order valence-electron chi connectivity index (χ1n) is 24.9. The monoisotopic (exact) mass is 856 g/mol. The van der Waals surface area contributed by atoms with Crippen LogP contribution in [0.2, 0.25) is 0 Å². The third-order valence-electron chi connectivity index (χ3n) is 12.4. The average molecular weight is 856 g/mol. The standard InChI is InChI=1S/C62H65N3/c1-43-10-20-51(21-11-43)57-30-28-55(41-64-57)61(6,7)39-48-34-47(35-49(36-48)40-62(8,9)56-29-31-58(65-42-56)52-22-12-44(2)13-23-52)15-14-45-16-26-53(27-17-45)59-37-54(32-33-63-59)50-24-18-46(19-25-50)38-60(3,4)5/h10-13,16-37,41-42H,14-15,38-40H2,1-9H3/i14D2,15D2. The molecule has 0 unspecified atom stereocenters. The zero-order chi connectivity index (χ0) is 49.4. The minimum atomic E-state index is -2.40. The fourth-order valence-corrected chi connectivity index (χ4v) is 8.71. The van der Waals surface area contributed by atoms with Gasteiger partial charge in [0.15, 0.2) is 0 Å². The molecule has 0 N–H and O–H groups in total. The normalized spacial score (nSPS) is 13.4. The topological polar surface area (TPSA) is 38.7 Å². The highest BCUT2D eigenvalue weighted by Gasteiger charge is 2.25. The van der Waals surface area contributed by atoms with Gasteiger partial charge in [-0.05, 0) is 136 Å². The zero-order valence-corrected chi connectivity index (χ0v) is 39.6. The van der Waals surface area contributed by atoms with E-state index in [1.165, 1.54) is 16.7 Å². The van der Waals surface area contributed by atoms with Gasteiger partial charge in [-0.15, -0.1) is 0 Å². The van der Waals surface area contributed by atoms with Crippen LogP contribution in [0.25, 0.3) is 44.9 Å². The lowest BCUT2D eigenvalue weighted by molar-refractivity contribution is 0.411. The van der Waals surface area contributed by atoms with Gasteiger partial charge in [-0.3, -0.25) is 15.0 Å². The van der Waals surface area contributed by atoms with Gasteiger partial charge in [-0.25, -0.2) is 0 Å². The third-order valence-corrected chi connectivity index (χ3v) is 12.4. The summed E-state index contributed by atoms with van der Waals surface area (Å²) >= 11 is 0. The fourth-order valence-electron chi connectivity index (χ4n) is 8.71. The Kier molecular flexibility index (Phi) is 11.7. The van der Waals surface area contributed by atoms with E-state index < -0.39 is 12.7 Å². The van der Waals surface area contributed by atoms with Crippen LogP contribution in [0.15, 0.2) is 170 Å². The Morgan fingerprint density at radius 1 is 0.369 bits per heavy atom. The molecule has 0 radical (unpaired) electrons. The molecular weight excluding hydrogens is 787 g/mol. The molecule has 0 aliphatic rings.